The predicted octanol–water partition coefficient (Wildman–Crippen LogP) is 14.2. The normalized spacial score (nSPS) is 11.8. The molecule has 4 heterocycles. The number of benzene rings is 9. The highest BCUT2D eigenvalue weighted by Gasteiger charge is 2.26. The van der Waals surface area contributed by atoms with Crippen LogP contribution in [0.2, 0.25) is 0 Å². The van der Waals surface area contributed by atoms with Crippen LogP contribution in [0.5, 0.6) is 0 Å². The summed E-state index contributed by atoms with van der Waals surface area (Å²) in [6, 6.07) is 77.2. The van der Waals surface area contributed by atoms with E-state index in [9.17, 15) is 0 Å². The van der Waals surface area contributed by atoms with Gasteiger partial charge in [-0.1, -0.05) is 164 Å². The Kier molecular flexibility index (Phi) is 7.80. The summed E-state index contributed by atoms with van der Waals surface area (Å²) >= 11 is 0. The zero-order chi connectivity index (χ0) is 41.4. The van der Waals surface area contributed by atoms with E-state index in [1.54, 1.807) is 0 Å². The molecule has 0 atom stereocenters. The minimum Gasteiger partial charge on any atom is -0.309 e. The third kappa shape index (κ3) is 5.41. The van der Waals surface area contributed by atoms with E-state index in [0.29, 0.717) is 17.6 Å². The van der Waals surface area contributed by atoms with Crippen molar-refractivity contribution < 1.29 is 0 Å². The van der Waals surface area contributed by atoms with Gasteiger partial charge in [0.2, 0.25) is 5.95 Å². The first-order valence-electron chi connectivity index (χ1n) is 21.3. The van der Waals surface area contributed by atoms with Crippen molar-refractivity contribution in [1.82, 2.24) is 28.7 Å². The zero-order valence-corrected chi connectivity index (χ0v) is 34.0. The molecule has 0 aliphatic rings. The first-order valence-corrected chi connectivity index (χ1v) is 21.3. The lowest BCUT2D eigenvalue weighted by Crippen LogP contribution is -2.07. The van der Waals surface area contributed by atoms with Crippen LogP contribution in [0.1, 0.15) is 0 Å². The molecule has 9 aromatic carbocycles. The van der Waals surface area contributed by atoms with Crippen molar-refractivity contribution in [3.05, 3.63) is 218 Å². The van der Waals surface area contributed by atoms with E-state index in [0.717, 1.165) is 82.9 Å². The van der Waals surface area contributed by atoms with Gasteiger partial charge in [0.05, 0.1) is 33.1 Å². The van der Waals surface area contributed by atoms with Gasteiger partial charge in [0.1, 0.15) is 0 Å². The lowest BCUT2D eigenvalue weighted by molar-refractivity contribution is 0.953. The van der Waals surface area contributed by atoms with E-state index >= 15 is 0 Å². The number of aromatic nitrogens is 6. The van der Waals surface area contributed by atoms with Gasteiger partial charge in [-0.15, -0.1) is 0 Å². The molecule has 0 spiro atoms. The lowest BCUT2D eigenvalue weighted by atomic mass is 9.96. The number of para-hydroxylation sites is 5. The third-order valence-corrected chi connectivity index (χ3v) is 12.5. The fourth-order valence-electron chi connectivity index (χ4n) is 9.79. The predicted molar refractivity (Wildman–Crippen MR) is 259 cm³/mol. The molecule has 0 amide bonds. The molecule has 6 heteroatoms. The second-order valence-electron chi connectivity index (χ2n) is 16.0. The second-order valence-corrected chi connectivity index (χ2v) is 16.0. The number of hydrogen-bond acceptors (Lipinski definition) is 3. The monoisotopic (exact) mass is 804 g/mol. The topological polar surface area (TPSA) is 53.5 Å². The largest absolute Gasteiger partial charge is 0.309 e. The van der Waals surface area contributed by atoms with Crippen LogP contribution in [-0.4, -0.2) is 28.7 Å². The average Bonchev–Trinajstić information content (AvgIpc) is 4.01. The zero-order valence-electron chi connectivity index (χ0n) is 34.0. The van der Waals surface area contributed by atoms with Gasteiger partial charge in [-0.2, -0.15) is 9.97 Å². The molecular weight excluding hydrogens is 769 g/mol. The van der Waals surface area contributed by atoms with Gasteiger partial charge in [-0.05, 0) is 65.7 Å². The van der Waals surface area contributed by atoms with Crippen LogP contribution in [0, 0.1) is 0 Å². The Bertz CT molecular complexity index is 3850. The molecular formula is C57H36N6. The second kappa shape index (κ2) is 14.0. The van der Waals surface area contributed by atoms with Gasteiger partial charge in [0, 0.05) is 54.8 Å². The molecule has 0 unspecified atom stereocenters. The molecule has 0 aliphatic carbocycles. The van der Waals surface area contributed by atoms with Crippen molar-refractivity contribution in [2.75, 3.05) is 0 Å². The maximum absolute atomic E-state index is 5.51. The molecule has 0 fully saturated rings. The third-order valence-electron chi connectivity index (χ3n) is 12.5. The van der Waals surface area contributed by atoms with Crippen LogP contribution < -0.4 is 0 Å². The van der Waals surface area contributed by atoms with E-state index in [4.69, 9.17) is 15.0 Å². The highest BCUT2D eigenvalue weighted by molar-refractivity contribution is 6.28. The van der Waals surface area contributed by atoms with E-state index in [1.807, 2.05) is 18.2 Å². The first-order chi connectivity index (χ1) is 31.3. The van der Waals surface area contributed by atoms with Crippen LogP contribution in [0.3, 0.4) is 0 Å². The molecule has 6 nitrogen and oxygen atoms in total. The quantitative estimate of drug-likeness (QED) is 0.168. The summed E-state index contributed by atoms with van der Waals surface area (Å²) in [5.41, 5.74) is 12.8. The summed E-state index contributed by atoms with van der Waals surface area (Å²) in [4.78, 5) is 16.2. The van der Waals surface area contributed by atoms with Crippen molar-refractivity contribution in [2.45, 2.75) is 0 Å². The van der Waals surface area contributed by atoms with Crippen molar-refractivity contribution in [3.8, 4) is 51.2 Å². The standard InChI is InChI=1S/C57H36N6/c1-4-19-37(20-5-1)46-36-47-44-29-12-16-33-50(44)62(40-24-8-3-9-25-40)53(47)54-52(46)45-30-13-17-34-51(45)63(54)57-59-55(38-21-6-2-7-22-38)58-56(60-57)39-23-18-26-41(35-39)61-48-31-14-10-27-42(48)43-28-11-15-32-49(43)61/h1-36H. The highest BCUT2D eigenvalue weighted by atomic mass is 15.2. The van der Waals surface area contributed by atoms with E-state index < -0.39 is 0 Å². The Morgan fingerprint density at radius 1 is 0.286 bits per heavy atom. The number of fused-ring (bicyclic) bond motifs is 10. The van der Waals surface area contributed by atoms with Crippen molar-refractivity contribution >= 4 is 65.4 Å². The van der Waals surface area contributed by atoms with Crippen molar-refractivity contribution in [3.63, 3.8) is 0 Å². The van der Waals surface area contributed by atoms with Crippen LogP contribution in [0.25, 0.3) is 117 Å². The molecule has 13 aromatic rings. The maximum Gasteiger partial charge on any atom is 0.238 e. The molecule has 0 radical (unpaired) electrons. The van der Waals surface area contributed by atoms with Crippen LogP contribution in [-0.2, 0) is 0 Å². The molecule has 0 saturated heterocycles. The number of hydrogen-bond donors (Lipinski definition) is 0. The number of nitrogens with zero attached hydrogens (tertiary/aromatic N) is 6. The molecule has 0 bridgehead atoms. The molecule has 294 valence electrons. The Labute approximate surface area is 362 Å². The smallest absolute Gasteiger partial charge is 0.238 e. The van der Waals surface area contributed by atoms with Gasteiger partial charge in [0.15, 0.2) is 11.6 Å². The van der Waals surface area contributed by atoms with E-state index in [2.05, 4.69) is 214 Å². The highest BCUT2D eigenvalue weighted by Crippen LogP contribution is 2.46. The Morgan fingerprint density at radius 3 is 1.38 bits per heavy atom. The summed E-state index contributed by atoms with van der Waals surface area (Å²) < 4.78 is 7.03. The average molecular weight is 805 g/mol. The van der Waals surface area contributed by atoms with E-state index in [-0.39, 0.29) is 0 Å². The van der Waals surface area contributed by atoms with Crippen molar-refractivity contribution in [2.24, 2.45) is 0 Å². The molecule has 63 heavy (non-hydrogen) atoms. The van der Waals surface area contributed by atoms with Gasteiger partial charge >= 0.3 is 0 Å². The van der Waals surface area contributed by atoms with Gasteiger partial charge in [-0.3, -0.25) is 4.57 Å². The molecule has 0 N–H and O–H groups in total. The molecule has 4 aromatic heterocycles. The Morgan fingerprint density at radius 2 is 0.746 bits per heavy atom. The summed E-state index contributed by atoms with van der Waals surface area (Å²) in [6.07, 6.45) is 0. The summed E-state index contributed by atoms with van der Waals surface area (Å²) in [5.74, 6) is 1.73. The minimum absolute atomic E-state index is 0.545. The van der Waals surface area contributed by atoms with Gasteiger partial charge in [0.25, 0.3) is 0 Å². The Balaban J connectivity index is 1.16. The van der Waals surface area contributed by atoms with Crippen LogP contribution in [0.15, 0.2) is 218 Å². The SMILES string of the molecule is c1ccc(-c2nc(-c3cccc(-n4c5ccccc5c5ccccc54)c3)nc(-n3c4ccccc4c4c(-c5ccccc5)cc5c6ccccc6n(-c6ccccc6)c5c43)n2)cc1. The number of rotatable bonds is 6. The maximum atomic E-state index is 5.51. The fourth-order valence-corrected chi connectivity index (χ4v) is 9.79. The first kappa shape index (κ1) is 35.2. The molecule has 0 saturated carbocycles. The fraction of sp³-hybridized carbons (Fsp3) is 0. The van der Waals surface area contributed by atoms with Gasteiger partial charge < -0.3 is 9.13 Å². The lowest BCUT2D eigenvalue weighted by Gasteiger charge is -2.15. The Hall–Kier alpha value is -8.61. The van der Waals surface area contributed by atoms with Crippen LogP contribution >= 0.6 is 0 Å². The molecule has 0 aliphatic heterocycles. The summed E-state index contributed by atoms with van der Waals surface area (Å²) in [7, 11) is 0. The van der Waals surface area contributed by atoms with Crippen LogP contribution in [0.4, 0.5) is 0 Å². The molecule has 13 rings (SSSR count). The van der Waals surface area contributed by atoms with Gasteiger partial charge in [-0.25, -0.2) is 4.98 Å². The van der Waals surface area contributed by atoms with Crippen molar-refractivity contribution in [1.29, 1.82) is 0 Å². The summed E-state index contributed by atoms with van der Waals surface area (Å²) in [5, 5.41) is 7.02. The summed E-state index contributed by atoms with van der Waals surface area (Å²) in [6.45, 7) is 0. The minimum atomic E-state index is 0.545. The van der Waals surface area contributed by atoms with E-state index in [1.165, 1.54) is 16.2 Å².